The monoisotopic (exact) mass is 408 g/mol. The highest BCUT2D eigenvalue weighted by Gasteiger charge is 2.15. The maximum absolute atomic E-state index is 12.4. The number of aryl methyl sites for hydroxylation is 1. The predicted octanol–water partition coefficient (Wildman–Crippen LogP) is 3.77. The summed E-state index contributed by atoms with van der Waals surface area (Å²) in [5.74, 6) is -0.604. The number of carbonyl (C=O) groups excluding carboxylic acids is 3. The SMILES string of the molecule is Cc1ccccc1C(=O)NCC(=O)Nc1ccc(NC(=O)N2CCCCCC2)cc1. The number of likely N-dealkylation sites (tertiary alicyclic amines) is 1. The molecule has 4 amide bonds. The van der Waals surface area contributed by atoms with Gasteiger partial charge in [0.15, 0.2) is 0 Å². The highest BCUT2D eigenvalue weighted by atomic mass is 16.2. The van der Waals surface area contributed by atoms with Gasteiger partial charge < -0.3 is 20.9 Å². The van der Waals surface area contributed by atoms with E-state index in [2.05, 4.69) is 16.0 Å². The van der Waals surface area contributed by atoms with E-state index in [1.807, 2.05) is 24.0 Å². The van der Waals surface area contributed by atoms with Crippen LogP contribution in [0.3, 0.4) is 0 Å². The second-order valence-electron chi connectivity index (χ2n) is 7.45. The molecule has 1 aliphatic heterocycles. The summed E-state index contributed by atoms with van der Waals surface area (Å²) in [6, 6.07) is 14.1. The van der Waals surface area contributed by atoms with Crippen molar-refractivity contribution in [2.24, 2.45) is 0 Å². The van der Waals surface area contributed by atoms with Crippen LogP contribution in [-0.2, 0) is 4.79 Å². The zero-order chi connectivity index (χ0) is 21.3. The zero-order valence-electron chi connectivity index (χ0n) is 17.2. The number of rotatable bonds is 5. The van der Waals surface area contributed by atoms with E-state index in [0.29, 0.717) is 16.9 Å². The van der Waals surface area contributed by atoms with Crippen LogP contribution in [0.1, 0.15) is 41.6 Å². The normalized spacial score (nSPS) is 13.8. The minimum atomic E-state index is -0.321. The number of amides is 4. The zero-order valence-corrected chi connectivity index (χ0v) is 17.2. The van der Waals surface area contributed by atoms with E-state index >= 15 is 0 Å². The molecule has 7 heteroatoms. The van der Waals surface area contributed by atoms with Crippen molar-refractivity contribution in [2.45, 2.75) is 32.6 Å². The van der Waals surface area contributed by atoms with Crippen LogP contribution in [0.25, 0.3) is 0 Å². The Labute approximate surface area is 176 Å². The molecule has 3 N–H and O–H groups in total. The first-order chi connectivity index (χ1) is 14.5. The fraction of sp³-hybridized carbons (Fsp3) is 0.348. The van der Waals surface area contributed by atoms with E-state index < -0.39 is 0 Å². The summed E-state index contributed by atoms with van der Waals surface area (Å²) in [7, 11) is 0. The summed E-state index contributed by atoms with van der Waals surface area (Å²) in [6.45, 7) is 3.30. The maximum atomic E-state index is 12.4. The average molecular weight is 409 g/mol. The number of hydrogen-bond donors (Lipinski definition) is 3. The molecular weight excluding hydrogens is 380 g/mol. The van der Waals surface area contributed by atoms with E-state index in [9.17, 15) is 14.4 Å². The van der Waals surface area contributed by atoms with Crippen molar-refractivity contribution in [3.8, 4) is 0 Å². The van der Waals surface area contributed by atoms with E-state index in [1.54, 1.807) is 36.4 Å². The second kappa shape index (κ2) is 10.4. The number of carbonyl (C=O) groups is 3. The Morgan fingerprint density at radius 2 is 1.43 bits per heavy atom. The van der Waals surface area contributed by atoms with Gasteiger partial charge >= 0.3 is 6.03 Å². The van der Waals surface area contributed by atoms with Crippen molar-refractivity contribution < 1.29 is 14.4 Å². The Balaban J connectivity index is 1.46. The number of benzene rings is 2. The van der Waals surface area contributed by atoms with E-state index in [1.165, 1.54) is 12.8 Å². The summed E-state index contributed by atoms with van der Waals surface area (Å²) in [6.07, 6.45) is 4.42. The van der Waals surface area contributed by atoms with Gasteiger partial charge in [0.05, 0.1) is 6.54 Å². The van der Waals surface area contributed by atoms with Crippen LogP contribution in [-0.4, -0.2) is 42.4 Å². The molecule has 1 heterocycles. The van der Waals surface area contributed by atoms with Crippen molar-refractivity contribution in [3.63, 3.8) is 0 Å². The van der Waals surface area contributed by atoms with E-state index in [4.69, 9.17) is 0 Å². The van der Waals surface area contributed by atoms with Gasteiger partial charge in [0.1, 0.15) is 0 Å². The molecule has 0 aliphatic carbocycles. The molecule has 0 saturated carbocycles. The van der Waals surface area contributed by atoms with Gasteiger partial charge in [0.25, 0.3) is 5.91 Å². The molecular formula is C23H28N4O3. The summed E-state index contributed by atoms with van der Waals surface area (Å²) in [4.78, 5) is 38.5. The van der Waals surface area contributed by atoms with Gasteiger partial charge in [-0.3, -0.25) is 9.59 Å². The molecule has 0 unspecified atom stereocenters. The van der Waals surface area contributed by atoms with E-state index in [0.717, 1.165) is 31.5 Å². The molecule has 0 atom stereocenters. The molecule has 0 spiro atoms. The van der Waals surface area contributed by atoms with E-state index in [-0.39, 0.29) is 24.4 Å². The minimum absolute atomic E-state index is 0.0902. The fourth-order valence-electron chi connectivity index (χ4n) is 3.40. The quantitative estimate of drug-likeness (QED) is 0.703. The molecule has 0 aromatic heterocycles. The van der Waals surface area contributed by atoms with Crippen LogP contribution in [0, 0.1) is 6.92 Å². The molecule has 2 aromatic rings. The van der Waals surface area contributed by atoms with Gasteiger partial charge in [-0.15, -0.1) is 0 Å². The standard InChI is InChI=1S/C23H28N4O3/c1-17-8-4-5-9-20(17)22(29)24-16-21(28)25-18-10-12-19(13-11-18)26-23(30)27-14-6-2-3-7-15-27/h4-5,8-13H,2-3,6-7,14-16H2,1H3,(H,24,29)(H,25,28)(H,26,30). The second-order valence-corrected chi connectivity index (χ2v) is 7.45. The van der Waals surface area contributed by atoms with Crippen molar-refractivity contribution in [1.29, 1.82) is 0 Å². The molecule has 1 fully saturated rings. The summed E-state index contributed by atoms with van der Waals surface area (Å²) in [5.41, 5.74) is 2.68. The van der Waals surface area contributed by atoms with Gasteiger partial charge in [-0.2, -0.15) is 0 Å². The Morgan fingerprint density at radius 1 is 0.833 bits per heavy atom. The lowest BCUT2D eigenvalue weighted by Gasteiger charge is -2.20. The number of urea groups is 1. The summed E-state index contributed by atoms with van der Waals surface area (Å²) >= 11 is 0. The van der Waals surface area contributed by atoms with Gasteiger partial charge in [-0.25, -0.2) is 4.79 Å². The first kappa shape index (κ1) is 21.4. The minimum Gasteiger partial charge on any atom is -0.343 e. The molecule has 0 radical (unpaired) electrons. The average Bonchev–Trinajstić information content (AvgIpc) is 3.03. The summed E-state index contributed by atoms with van der Waals surface area (Å²) < 4.78 is 0. The molecule has 1 saturated heterocycles. The Morgan fingerprint density at radius 3 is 2.07 bits per heavy atom. The number of anilines is 2. The molecule has 0 bridgehead atoms. The van der Waals surface area contributed by atoms with Crippen LogP contribution < -0.4 is 16.0 Å². The van der Waals surface area contributed by atoms with Crippen molar-refractivity contribution in [2.75, 3.05) is 30.3 Å². The number of nitrogens with one attached hydrogen (secondary N) is 3. The smallest absolute Gasteiger partial charge is 0.321 e. The van der Waals surface area contributed by atoms with Crippen LogP contribution in [0.4, 0.5) is 16.2 Å². The van der Waals surface area contributed by atoms with Crippen LogP contribution >= 0.6 is 0 Å². The molecule has 3 rings (SSSR count). The van der Waals surface area contributed by atoms with Crippen LogP contribution in [0.5, 0.6) is 0 Å². The van der Waals surface area contributed by atoms with Crippen LogP contribution in [0.2, 0.25) is 0 Å². The Kier molecular flexibility index (Phi) is 7.43. The summed E-state index contributed by atoms with van der Waals surface area (Å²) in [5, 5.41) is 8.26. The third-order valence-electron chi connectivity index (χ3n) is 5.11. The van der Waals surface area contributed by atoms with Gasteiger partial charge in [0, 0.05) is 30.0 Å². The lowest BCUT2D eigenvalue weighted by Crippen LogP contribution is -2.35. The number of nitrogens with zero attached hydrogens (tertiary/aromatic N) is 1. The lowest BCUT2D eigenvalue weighted by atomic mass is 10.1. The molecule has 7 nitrogen and oxygen atoms in total. The highest BCUT2D eigenvalue weighted by molar-refractivity contribution is 6.00. The molecule has 2 aromatic carbocycles. The maximum Gasteiger partial charge on any atom is 0.321 e. The van der Waals surface area contributed by atoms with Crippen molar-refractivity contribution in [1.82, 2.24) is 10.2 Å². The third-order valence-corrected chi connectivity index (χ3v) is 5.11. The largest absolute Gasteiger partial charge is 0.343 e. The molecule has 30 heavy (non-hydrogen) atoms. The molecule has 1 aliphatic rings. The van der Waals surface area contributed by atoms with Gasteiger partial charge in [-0.05, 0) is 55.7 Å². The first-order valence-electron chi connectivity index (χ1n) is 10.3. The van der Waals surface area contributed by atoms with Crippen molar-refractivity contribution in [3.05, 3.63) is 59.7 Å². The van der Waals surface area contributed by atoms with Gasteiger partial charge in [0.2, 0.25) is 5.91 Å². The van der Waals surface area contributed by atoms with Gasteiger partial charge in [-0.1, -0.05) is 31.0 Å². The Hall–Kier alpha value is -3.35. The lowest BCUT2D eigenvalue weighted by molar-refractivity contribution is -0.115. The predicted molar refractivity (Wildman–Crippen MR) is 118 cm³/mol. The topological polar surface area (TPSA) is 90.5 Å². The van der Waals surface area contributed by atoms with Crippen LogP contribution in [0.15, 0.2) is 48.5 Å². The molecule has 158 valence electrons. The third kappa shape index (κ3) is 6.07. The highest BCUT2D eigenvalue weighted by Crippen LogP contribution is 2.16. The number of hydrogen-bond acceptors (Lipinski definition) is 3. The Bertz CT molecular complexity index is 888. The first-order valence-corrected chi connectivity index (χ1v) is 10.3. The van der Waals surface area contributed by atoms with Crippen molar-refractivity contribution >= 4 is 29.2 Å². The fourth-order valence-corrected chi connectivity index (χ4v) is 3.40.